The van der Waals surface area contributed by atoms with Crippen LogP contribution in [0.25, 0.3) is 0 Å². The number of nitrogens with zero attached hydrogens (tertiary/aromatic N) is 3. The van der Waals surface area contributed by atoms with Crippen LogP contribution in [-0.4, -0.2) is 40.6 Å². The first kappa shape index (κ1) is 12.2. The summed E-state index contributed by atoms with van der Waals surface area (Å²) in [6.45, 7) is 8.27. The van der Waals surface area contributed by atoms with E-state index < -0.39 is 0 Å². The minimum Gasteiger partial charge on any atom is -0.333 e. The van der Waals surface area contributed by atoms with Gasteiger partial charge in [0.1, 0.15) is 0 Å². The van der Waals surface area contributed by atoms with Gasteiger partial charge in [0.05, 0.1) is 12.0 Å². The third kappa shape index (κ3) is 2.45. The Morgan fingerprint density at radius 3 is 3.11 bits per heavy atom. The Bertz CT molecular complexity index is 381. The molecule has 2 atom stereocenters. The first-order chi connectivity index (χ1) is 8.86. The lowest BCUT2D eigenvalue weighted by Gasteiger charge is -2.17. The van der Waals surface area contributed by atoms with Gasteiger partial charge in [-0.1, -0.05) is 6.92 Å². The Kier molecular flexibility index (Phi) is 3.66. The number of aromatic nitrogens is 2. The summed E-state index contributed by atoms with van der Waals surface area (Å²) in [6.07, 6.45) is 7.96. The number of imidazole rings is 1. The molecule has 0 aliphatic carbocycles. The zero-order valence-corrected chi connectivity index (χ0v) is 11.3. The molecule has 18 heavy (non-hydrogen) atoms. The highest BCUT2D eigenvalue weighted by molar-refractivity contribution is 5.07. The largest absolute Gasteiger partial charge is 0.333 e. The molecule has 1 aromatic heterocycles. The fraction of sp³-hybridized carbons (Fsp3) is 0.786. The Morgan fingerprint density at radius 1 is 1.44 bits per heavy atom. The summed E-state index contributed by atoms with van der Waals surface area (Å²) in [5.41, 5.74) is 1.39. The molecule has 3 heterocycles. The zero-order chi connectivity index (χ0) is 12.4. The fourth-order valence-electron chi connectivity index (χ4n) is 3.34. The molecule has 4 heteroatoms. The maximum absolute atomic E-state index is 4.36. The van der Waals surface area contributed by atoms with Gasteiger partial charge in [-0.2, -0.15) is 0 Å². The molecule has 4 nitrogen and oxygen atoms in total. The van der Waals surface area contributed by atoms with Gasteiger partial charge in [0.25, 0.3) is 0 Å². The van der Waals surface area contributed by atoms with Crippen molar-refractivity contribution < 1.29 is 0 Å². The SMILES string of the molecule is CCN1CCC(Cn2cncc2C2CCCN2)C1. The van der Waals surface area contributed by atoms with E-state index in [1.54, 1.807) is 0 Å². The van der Waals surface area contributed by atoms with E-state index in [4.69, 9.17) is 0 Å². The van der Waals surface area contributed by atoms with Crippen LogP contribution in [0.3, 0.4) is 0 Å². The lowest BCUT2D eigenvalue weighted by molar-refractivity contribution is 0.330. The maximum atomic E-state index is 4.36. The molecule has 2 unspecified atom stereocenters. The van der Waals surface area contributed by atoms with E-state index in [0.717, 1.165) is 19.0 Å². The van der Waals surface area contributed by atoms with Crippen LogP contribution in [0.4, 0.5) is 0 Å². The average molecular weight is 248 g/mol. The van der Waals surface area contributed by atoms with Crippen LogP contribution in [0.5, 0.6) is 0 Å². The second-order valence-corrected chi connectivity index (χ2v) is 5.67. The van der Waals surface area contributed by atoms with Gasteiger partial charge in [0, 0.05) is 25.3 Å². The number of hydrogen-bond acceptors (Lipinski definition) is 3. The molecule has 0 bridgehead atoms. The predicted molar refractivity (Wildman–Crippen MR) is 72.4 cm³/mol. The van der Waals surface area contributed by atoms with Crippen molar-refractivity contribution in [3.8, 4) is 0 Å². The molecule has 0 radical (unpaired) electrons. The van der Waals surface area contributed by atoms with Crippen molar-refractivity contribution in [3.05, 3.63) is 18.2 Å². The summed E-state index contributed by atoms with van der Waals surface area (Å²) in [4.78, 5) is 6.91. The molecule has 0 saturated carbocycles. The molecule has 2 aliphatic rings. The highest BCUT2D eigenvalue weighted by Crippen LogP contribution is 2.25. The van der Waals surface area contributed by atoms with Crippen LogP contribution in [0, 0.1) is 5.92 Å². The first-order valence-corrected chi connectivity index (χ1v) is 7.32. The molecule has 2 saturated heterocycles. The third-order valence-corrected chi connectivity index (χ3v) is 4.43. The lowest BCUT2D eigenvalue weighted by Crippen LogP contribution is -2.23. The van der Waals surface area contributed by atoms with Crippen molar-refractivity contribution in [3.63, 3.8) is 0 Å². The molecule has 0 amide bonds. The zero-order valence-electron chi connectivity index (χ0n) is 11.3. The van der Waals surface area contributed by atoms with Crippen LogP contribution in [0.1, 0.15) is 37.9 Å². The minimum atomic E-state index is 0.538. The second-order valence-electron chi connectivity index (χ2n) is 5.67. The van der Waals surface area contributed by atoms with E-state index in [0.29, 0.717) is 6.04 Å². The van der Waals surface area contributed by atoms with Crippen LogP contribution in [0.15, 0.2) is 12.5 Å². The Balaban J connectivity index is 1.64. The second kappa shape index (κ2) is 5.41. The quantitative estimate of drug-likeness (QED) is 0.879. The van der Waals surface area contributed by atoms with Crippen LogP contribution in [0.2, 0.25) is 0 Å². The Labute approximate surface area is 109 Å². The van der Waals surface area contributed by atoms with Gasteiger partial charge in [-0.05, 0) is 44.8 Å². The van der Waals surface area contributed by atoms with E-state index in [1.165, 1.54) is 44.6 Å². The summed E-state index contributed by atoms with van der Waals surface area (Å²) in [5.74, 6) is 0.805. The van der Waals surface area contributed by atoms with Crippen molar-refractivity contribution in [1.29, 1.82) is 0 Å². The molecule has 1 aromatic rings. The van der Waals surface area contributed by atoms with Gasteiger partial charge in [-0.3, -0.25) is 0 Å². The standard InChI is InChI=1S/C14H24N4/c1-2-17-7-5-12(9-17)10-18-11-15-8-14(18)13-4-3-6-16-13/h8,11-13,16H,2-7,9-10H2,1H3. The minimum absolute atomic E-state index is 0.538. The van der Waals surface area contributed by atoms with E-state index in [-0.39, 0.29) is 0 Å². The monoisotopic (exact) mass is 248 g/mol. The first-order valence-electron chi connectivity index (χ1n) is 7.32. The topological polar surface area (TPSA) is 33.1 Å². The Hall–Kier alpha value is -0.870. The summed E-state index contributed by atoms with van der Waals surface area (Å²) in [5, 5.41) is 3.57. The molecule has 0 aromatic carbocycles. The van der Waals surface area contributed by atoms with E-state index in [9.17, 15) is 0 Å². The van der Waals surface area contributed by atoms with Gasteiger partial charge in [-0.25, -0.2) is 4.98 Å². The maximum Gasteiger partial charge on any atom is 0.0948 e. The van der Waals surface area contributed by atoms with Gasteiger partial charge in [-0.15, -0.1) is 0 Å². The number of hydrogen-bond donors (Lipinski definition) is 1. The van der Waals surface area contributed by atoms with Crippen molar-refractivity contribution >= 4 is 0 Å². The lowest BCUT2D eigenvalue weighted by atomic mass is 10.1. The smallest absolute Gasteiger partial charge is 0.0948 e. The fourth-order valence-corrected chi connectivity index (χ4v) is 3.34. The molecule has 100 valence electrons. The molecule has 3 rings (SSSR count). The van der Waals surface area contributed by atoms with Crippen LogP contribution >= 0.6 is 0 Å². The van der Waals surface area contributed by atoms with Crippen molar-refractivity contribution in [2.75, 3.05) is 26.2 Å². The predicted octanol–water partition coefficient (Wildman–Crippen LogP) is 1.65. The van der Waals surface area contributed by atoms with E-state index >= 15 is 0 Å². The van der Waals surface area contributed by atoms with Crippen LogP contribution in [-0.2, 0) is 6.54 Å². The van der Waals surface area contributed by atoms with Crippen molar-refractivity contribution in [2.24, 2.45) is 5.92 Å². The summed E-state index contributed by atoms with van der Waals surface area (Å²) in [6, 6.07) is 0.538. The number of nitrogens with one attached hydrogen (secondary N) is 1. The van der Waals surface area contributed by atoms with Gasteiger partial charge in [0.2, 0.25) is 0 Å². The van der Waals surface area contributed by atoms with Crippen molar-refractivity contribution in [1.82, 2.24) is 19.8 Å². The highest BCUT2D eigenvalue weighted by atomic mass is 15.2. The molecule has 2 fully saturated rings. The number of rotatable bonds is 4. The van der Waals surface area contributed by atoms with Crippen LogP contribution < -0.4 is 5.32 Å². The molecular weight excluding hydrogens is 224 g/mol. The molecule has 1 N–H and O–H groups in total. The van der Waals surface area contributed by atoms with Gasteiger partial charge < -0.3 is 14.8 Å². The van der Waals surface area contributed by atoms with Crippen molar-refractivity contribution in [2.45, 2.75) is 38.8 Å². The third-order valence-electron chi connectivity index (χ3n) is 4.43. The van der Waals surface area contributed by atoms with E-state index in [2.05, 4.69) is 32.9 Å². The highest BCUT2D eigenvalue weighted by Gasteiger charge is 2.24. The summed E-state index contributed by atoms with van der Waals surface area (Å²) < 4.78 is 2.38. The van der Waals surface area contributed by atoms with Gasteiger partial charge >= 0.3 is 0 Å². The summed E-state index contributed by atoms with van der Waals surface area (Å²) >= 11 is 0. The van der Waals surface area contributed by atoms with Gasteiger partial charge in [0.15, 0.2) is 0 Å². The number of likely N-dealkylation sites (tertiary alicyclic amines) is 1. The average Bonchev–Trinajstić information content (AvgIpc) is 3.09. The normalized spacial score (nSPS) is 29.2. The van der Waals surface area contributed by atoms with E-state index in [1.807, 2.05) is 6.33 Å². The summed E-state index contributed by atoms with van der Waals surface area (Å²) in [7, 11) is 0. The Morgan fingerprint density at radius 2 is 2.39 bits per heavy atom. The molecular formula is C14H24N4. The molecule has 2 aliphatic heterocycles. The molecule has 0 spiro atoms.